The number of rotatable bonds is 5. The summed E-state index contributed by atoms with van der Waals surface area (Å²) in [7, 11) is 0. The number of anilines is 1. The lowest BCUT2D eigenvalue weighted by Crippen LogP contribution is -2.28. The van der Waals surface area contributed by atoms with Crippen molar-refractivity contribution in [2.75, 3.05) is 12.3 Å². The van der Waals surface area contributed by atoms with Gasteiger partial charge < -0.3 is 16.8 Å². The Balaban J connectivity index is 0.000000336. The van der Waals surface area contributed by atoms with Crippen LogP contribution >= 0.6 is 11.6 Å². The number of nitrogens with zero attached hydrogens (tertiary/aromatic N) is 1. The molecule has 0 aliphatic heterocycles. The molecule has 7 nitrogen and oxygen atoms in total. The lowest BCUT2D eigenvalue weighted by Gasteiger charge is -2.08. The summed E-state index contributed by atoms with van der Waals surface area (Å²) < 4.78 is 13.9. The second-order valence-electron chi connectivity index (χ2n) is 5.63. The van der Waals surface area contributed by atoms with Crippen molar-refractivity contribution < 1.29 is 14.0 Å². The van der Waals surface area contributed by atoms with Gasteiger partial charge in [-0.3, -0.25) is 14.7 Å². The number of carbonyl (C=O) groups excluding carboxylic acids is 2. The fraction of sp³-hybridized carbons (Fsp3) is 0.105. The Kier molecular flexibility index (Phi) is 7.53. The van der Waals surface area contributed by atoms with Gasteiger partial charge in [-0.05, 0) is 24.3 Å². The molecule has 146 valence electrons. The number of nitrogen functional groups attached to an aromatic ring is 1. The number of primary amides is 1. The molecule has 0 saturated heterocycles. The Morgan fingerprint density at radius 2 is 1.86 bits per heavy atom. The molecule has 1 aromatic heterocycles. The first kappa shape index (κ1) is 20.9. The molecule has 0 radical (unpaired) electrons. The number of carbonyl (C=O) groups is 2. The molecule has 0 spiro atoms. The van der Waals surface area contributed by atoms with Crippen molar-refractivity contribution in [3.63, 3.8) is 0 Å². The number of hydrogen-bond donors (Lipinski definition) is 4. The summed E-state index contributed by atoms with van der Waals surface area (Å²) in [5.74, 6) is -1.59. The summed E-state index contributed by atoms with van der Waals surface area (Å²) in [6.45, 7) is 0.0888. The highest BCUT2D eigenvalue weighted by molar-refractivity contribution is 6.30. The van der Waals surface area contributed by atoms with Gasteiger partial charge in [0.05, 0.1) is 23.0 Å². The predicted molar refractivity (Wildman–Crippen MR) is 106 cm³/mol. The average molecular weight is 404 g/mol. The molecule has 0 saturated carbocycles. The van der Waals surface area contributed by atoms with Crippen LogP contribution in [0.25, 0.3) is 11.3 Å². The molecule has 0 aliphatic rings. The van der Waals surface area contributed by atoms with E-state index < -0.39 is 17.6 Å². The zero-order chi connectivity index (χ0) is 20.5. The molecule has 2 amide bonds. The molecular formula is C19H19ClFN5O2. The van der Waals surface area contributed by atoms with Crippen molar-refractivity contribution in [1.29, 1.82) is 0 Å². The van der Waals surface area contributed by atoms with Gasteiger partial charge >= 0.3 is 0 Å². The molecule has 0 atom stereocenters. The first-order valence-corrected chi connectivity index (χ1v) is 8.62. The maximum Gasteiger partial charge on any atom is 0.255 e. The van der Waals surface area contributed by atoms with Gasteiger partial charge in [-0.25, -0.2) is 4.39 Å². The Hall–Kier alpha value is -3.39. The summed E-state index contributed by atoms with van der Waals surface area (Å²) in [6.07, 6.45) is 1.28. The maximum atomic E-state index is 13.9. The largest absolute Gasteiger partial charge is 0.398 e. The molecule has 28 heavy (non-hydrogen) atoms. The van der Waals surface area contributed by atoms with Crippen LogP contribution in [-0.2, 0) is 4.79 Å². The van der Waals surface area contributed by atoms with E-state index >= 15 is 0 Å². The average Bonchev–Trinajstić information content (AvgIpc) is 3.12. The predicted octanol–water partition coefficient (Wildman–Crippen LogP) is 2.74. The number of benzene rings is 2. The van der Waals surface area contributed by atoms with E-state index in [2.05, 4.69) is 15.5 Å². The first-order valence-electron chi connectivity index (χ1n) is 8.25. The first-order chi connectivity index (χ1) is 13.4. The van der Waals surface area contributed by atoms with Crippen molar-refractivity contribution in [2.24, 2.45) is 5.73 Å². The molecule has 3 rings (SSSR count). The summed E-state index contributed by atoms with van der Waals surface area (Å²) in [5, 5.41) is 9.60. The zero-order valence-corrected chi connectivity index (χ0v) is 15.5. The van der Waals surface area contributed by atoms with Gasteiger partial charge in [0.25, 0.3) is 5.91 Å². The lowest BCUT2D eigenvalue weighted by molar-refractivity contribution is -0.117. The number of aromatic amines is 1. The Bertz CT molecular complexity index is 926. The fourth-order valence-electron chi connectivity index (χ4n) is 2.26. The molecule has 1 heterocycles. The highest BCUT2D eigenvalue weighted by atomic mass is 35.5. The molecule has 3 aromatic rings. The third-order valence-electron chi connectivity index (χ3n) is 3.57. The van der Waals surface area contributed by atoms with Gasteiger partial charge in [-0.1, -0.05) is 35.9 Å². The summed E-state index contributed by atoms with van der Waals surface area (Å²) in [6, 6.07) is 13.7. The lowest BCUT2D eigenvalue weighted by atomic mass is 10.1. The Morgan fingerprint density at radius 1 is 1.14 bits per heavy atom. The third-order valence-corrected chi connectivity index (χ3v) is 3.82. The zero-order valence-electron chi connectivity index (χ0n) is 14.8. The summed E-state index contributed by atoms with van der Waals surface area (Å²) >= 11 is 5.54. The molecule has 6 N–H and O–H groups in total. The van der Waals surface area contributed by atoms with E-state index in [1.165, 1.54) is 24.4 Å². The number of amides is 2. The van der Waals surface area contributed by atoms with Gasteiger partial charge in [0.15, 0.2) is 0 Å². The number of H-pyrrole nitrogens is 1. The van der Waals surface area contributed by atoms with Gasteiger partial charge in [0.2, 0.25) is 5.91 Å². The van der Waals surface area contributed by atoms with E-state index in [-0.39, 0.29) is 35.5 Å². The van der Waals surface area contributed by atoms with Crippen LogP contribution in [0.1, 0.15) is 16.8 Å². The number of hydrogen-bond acceptors (Lipinski definition) is 4. The van der Waals surface area contributed by atoms with Crippen LogP contribution in [0.2, 0.25) is 5.02 Å². The van der Waals surface area contributed by atoms with Crippen molar-refractivity contribution >= 4 is 29.1 Å². The molecule has 2 aromatic carbocycles. The van der Waals surface area contributed by atoms with Gasteiger partial charge in [0, 0.05) is 23.7 Å². The Morgan fingerprint density at radius 3 is 2.43 bits per heavy atom. The number of halogens is 2. The summed E-state index contributed by atoms with van der Waals surface area (Å²) in [5.41, 5.74) is 11.3. The van der Waals surface area contributed by atoms with E-state index in [9.17, 15) is 14.0 Å². The van der Waals surface area contributed by atoms with Crippen LogP contribution in [0.4, 0.5) is 10.1 Å². The van der Waals surface area contributed by atoms with Crippen LogP contribution in [0, 0.1) is 5.82 Å². The molecule has 0 fully saturated rings. The smallest absolute Gasteiger partial charge is 0.255 e. The van der Waals surface area contributed by atoms with Crippen LogP contribution in [0.5, 0.6) is 0 Å². The summed E-state index contributed by atoms with van der Waals surface area (Å²) in [4.78, 5) is 22.6. The standard InChI is InChI=1S/C13H14FN5O2.C6H5Cl/c14-8-2-1-3-9(15)11(8)12-7(6-18-19-12)13(21)17-5-4-10(16)20;7-6-4-2-1-3-5-6/h1-3,6H,4-5,15H2,(H2,16,20)(H,17,21)(H,18,19);1-5H. The monoisotopic (exact) mass is 403 g/mol. The van der Waals surface area contributed by atoms with E-state index in [0.29, 0.717) is 0 Å². The van der Waals surface area contributed by atoms with Crippen molar-refractivity contribution in [1.82, 2.24) is 15.5 Å². The highest BCUT2D eigenvalue weighted by Crippen LogP contribution is 2.29. The van der Waals surface area contributed by atoms with Crippen LogP contribution in [-0.4, -0.2) is 28.6 Å². The SMILES string of the molecule is Clc1ccccc1.NC(=O)CCNC(=O)c1cn[nH]c1-c1c(N)cccc1F. The maximum absolute atomic E-state index is 13.9. The van der Waals surface area contributed by atoms with Crippen molar-refractivity contribution in [3.8, 4) is 11.3 Å². The van der Waals surface area contributed by atoms with E-state index in [1.54, 1.807) is 0 Å². The Labute approximate surface area is 165 Å². The molecular weight excluding hydrogens is 385 g/mol. The van der Waals surface area contributed by atoms with E-state index in [1.807, 2.05) is 30.3 Å². The van der Waals surface area contributed by atoms with Gasteiger partial charge in [-0.2, -0.15) is 5.10 Å². The number of nitrogens with two attached hydrogens (primary N) is 2. The van der Waals surface area contributed by atoms with Crippen LogP contribution in [0.3, 0.4) is 0 Å². The topological polar surface area (TPSA) is 127 Å². The second kappa shape index (κ2) is 10.1. The minimum Gasteiger partial charge on any atom is -0.398 e. The minimum absolute atomic E-state index is 0.0146. The molecule has 0 aliphatic carbocycles. The number of nitrogens with one attached hydrogen (secondary N) is 2. The minimum atomic E-state index is -0.564. The van der Waals surface area contributed by atoms with E-state index in [4.69, 9.17) is 23.1 Å². The fourth-order valence-corrected chi connectivity index (χ4v) is 2.41. The molecule has 9 heteroatoms. The molecule has 0 unspecified atom stereocenters. The second-order valence-corrected chi connectivity index (χ2v) is 6.07. The van der Waals surface area contributed by atoms with Gasteiger partial charge in [-0.15, -0.1) is 0 Å². The number of aromatic nitrogens is 2. The van der Waals surface area contributed by atoms with E-state index in [0.717, 1.165) is 5.02 Å². The van der Waals surface area contributed by atoms with Gasteiger partial charge in [0.1, 0.15) is 5.82 Å². The van der Waals surface area contributed by atoms with Crippen molar-refractivity contribution in [2.45, 2.75) is 6.42 Å². The van der Waals surface area contributed by atoms with Crippen LogP contribution < -0.4 is 16.8 Å². The quantitative estimate of drug-likeness (QED) is 0.488. The molecule has 0 bridgehead atoms. The third kappa shape index (κ3) is 5.82. The van der Waals surface area contributed by atoms with Crippen LogP contribution in [0.15, 0.2) is 54.7 Å². The van der Waals surface area contributed by atoms with Crippen molar-refractivity contribution in [3.05, 3.63) is 71.1 Å². The highest BCUT2D eigenvalue weighted by Gasteiger charge is 2.19. The normalized spacial score (nSPS) is 9.93.